The third-order valence-corrected chi connectivity index (χ3v) is 4.45. The maximum Gasteiger partial charge on any atom is 0.336 e. The zero-order valence-electron chi connectivity index (χ0n) is 15.8. The van der Waals surface area contributed by atoms with E-state index in [2.05, 4.69) is 5.32 Å². The van der Waals surface area contributed by atoms with Gasteiger partial charge in [-0.15, -0.1) is 0 Å². The molecule has 31 heavy (non-hydrogen) atoms. The number of carbonyl (C=O) groups excluding carboxylic acids is 1. The highest BCUT2D eigenvalue weighted by Crippen LogP contribution is 2.34. The van der Waals surface area contributed by atoms with Crippen molar-refractivity contribution >= 4 is 23.5 Å². The Morgan fingerprint density at radius 1 is 0.839 bits per heavy atom. The smallest absolute Gasteiger partial charge is 0.336 e. The molecule has 3 aromatic carbocycles. The van der Waals surface area contributed by atoms with Gasteiger partial charge in [-0.1, -0.05) is 12.1 Å². The van der Waals surface area contributed by atoms with E-state index in [4.69, 9.17) is 19.3 Å². The molecule has 9 nitrogen and oxygen atoms in total. The number of carbonyl (C=O) groups is 3. The predicted molar refractivity (Wildman–Crippen MR) is 107 cm³/mol. The van der Waals surface area contributed by atoms with E-state index in [-0.39, 0.29) is 23.9 Å². The molecule has 0 radical (unpaired) electrons. The summed E-state index contributed by atoms with van der Waals surface area (Å²) in [6.07, 6.45) is 0. The number of ether oxygens (including phenoxy) is 3. The predicted octanol–water partition coefficient (Wildman–Crippen LogP) is 3.86. The molecule has 0 spiro atoms. The second kappa shape index (κ2) is 8.07. The summed E-state index contributed by atoms with van der Waals surface area (Å²) in [6, 6.07) is 15.0. The van der Waals surface area contributed by atoms with Gasteiger partial charge in [0.15, 0.2) is 17.2 Å². The fraction of sp³-hybridized carbons (Fsp3) is 0.0455. The highest BCUT2D eigenvalue weighted by Gasteiger charge is 2.19. The van der Waals surface area contributed by atoms with Crippen LogP contribution in [0.1, 0.15) is 31.1 Å². The van der Waals surface area contributed by atoms with Crippen LogP contribution in [0.5, 0.6) is 23.0 Å². The fourth-order valence-corrected chi connectivity index (χ4v) is 2.97. The molecule has 0 fully saturated rings. The number of hydrogen-bond donors (Lipinski definition) is 3. The summed E-state index contributed by atoms with van der Waals surface area (Å²) in [7, 11) is 0. The van der Waals surface area contributed by atoms with E-state index >= 15 is 0 Å². The van der Waals surface area contributed by atoms with Crippen LogP contribution in [0.15, 0.2) is 60.7 Å². The Hall–Kier alpha value is -4.53. The van der Waals surface area contributed by atoms with E-state index in [9.17, 15) is 19.5 Å². The number of amides is 1. The molecular weight excluding hydrogens is 406 g/mol. The lowest BCUT2D eigenvalue weighted by Crippen LogP contribution is -2.12. The second-order valence-electron chi connectivity index (χ2n) is 6.44. The second-order valence-corrected chi connectivity index (χ2v) is 6.44. The molecule has 0 aliphatic carbocycles. The van der Waals surface area contributed by atoms with Crippen molar-refractivity contribution in [3.05, 3.63) is 77.4 Å². The van der Waals surface area contributed by atoms with Crippen molar-refractivity contribution in [1.29, 1.82) is 0 Å². The zero-order valence-corrected chi connectivity index (χ0v) is 15.8. The minimum absolute atomic E-state index is 0.0933. The van der Waals surface area contributed by atoms with E-state index in [1.807, 2.05) is 0 Å². The molecule has 1 heterocycles. The van der Waals surface area contributed by atoms with E-state index < -0.39 is 23.4 Å². The number of para-hydroxylation sites is 2. The van der Waals surface area contributed by atoms with Gasteiger partial charge in [0.25, 0.3) is 5.91 Å². The van der Waals surface area contributed by atoms with Gasteiger partial charge >= 0.3 is 11.9 Å². The Bertz CT molecular complexity index is 1200. The zero-order chi connectivity index (χ0) is 22.0. The average molecular weight is 421 g/mol. The quantitative estimate of drug-likeness (QED) is 0.547. The van der Waals surface area contributed by atoms with Crippen LogP contribution in [0.2, 0.25) is 0 Å². The van der Waals surface area contributed by atoms with Crippen LogP contribution in [0.3, 0.4) is 0 Å². The number of carboxylic acid groups (broad SMARTS) is 2. The molecule has 4 rings (SSSR count). The Morgan fingerprint density at radius 2 is 1.58 bits per heavy atom. The van der Waals surface area contributed by atoms with Crippen molar-refractivity contribution in [2.45, 2.75) is 0 Å². The van der Waals surface area contributed by atoms with Crippen LogP contribution in [0.4, 0.5) is 5.69 Å². The SMILES string of the molecule is O=C(Nc1ccccc1Oc1ccc(C(=O)O)c(C(=O)O)c1)c1ccc2c(c1)OCO2. The lowest BCUT2D eigenvalue weighted by Gasteiger charge is -2.13. The molecule has 9 heteroatoms. The maximum atomic E-state index is 12.7. The summed E-state index contributed by atoms with van der Waals surface area (Å²) in [6.45, 7) is 0.0933. The first-order valence-corrected chi connectivity index (χ1v) is 9.01. The minimum atomic E-state index is -1.40. The Balaban J connectivity index is 1.58. The van der Waals surface area contributed by atoms with E-state index in [1.54, 1.807) is 42.5 Å². The fourth-order valence-electron chi connectivity index (χ4n) is 2.97. The topological polar surface area (TPSA) is 131 Å². The molecule has 0 unspecified atom stereocenters. The molecule has 0 aromatic heterocycles. The number of fused-ring (bicyclic) bond motifs is 1. The maximum absolute atomic E-state index is 12.7. The van der Waals surface area contributed by atoms with Gasteiger partial charge in [0, 0.05) is 5.56 Å². The standard InChI is InChI=1S/C22H15NO8/c24-20(12-5-8-18-19(9-12)30-11-29-18)23-16-3-1-2-4-17(16)31-13-6-7-14(21(25)26)15(10-13)22(27)28/h1-10H,11H2,(H,23,24)(H,25,26)(H,27,28). The number of hydrogen-bond acceptors (Lipinski definition) is 6. The molecule has 1 aliphatic rings. The molecule has 3 aromatic rings. The van der Waals surface area contributed by atoms with Gasteiger partial charge in [0.1, 0.15) is 5.75 Å². The summed E-state index contributed by atoms with van der Waals surface area (Å²) in [5, 5.41) is 21.1. The molecule has 1 amide bonds. The molecule has 3 N–H and O–H groups in total. The monoisotopic (exact) mass is 421 g/mol. The van der Waals surface area contributed by atoms with Crippen LogP contribution < -0.4 is 19.5 Å². The normalized spacial score (nSPS) is 11.6. The lowest BCUT2D eigenvalue weighted by atomic mass is 10.1. The van der Waals surface area contributed by atoms with Crippen LogP contribution in [-0.4, -0.2) is 34.9 Å². The van der Waals surface area contributed by atoms with Gasteiger partial charge in [-0.2, -0.15) is 0 Å². The van der Waals surface area contributed by atoms with E-state index in [0.717, 1.165) is 12.1 Å². The largest absolute Gasteiger partial charge is 0.478 e. The van der Waals surface area contributed by atoms with E-state index in [1.165, 1.54) is 6.07 Å². The summed E-state index contributed by atoms with van der Waals surface area (Å²) < 4.78 is 16.2. The number of rotatable bonds is 6. The van der Waals surface area contributed by atoms with Crippen molar-refractivity contribution in [2.75, 3.05) is 12.1 Å². The molecular formula is C22H15NO8. The number of anilines is 1. The average Bonchev–Trinajstić information content (AvgIpc) is 3.22. The Kier molecular flexibility index (Phi) is 5.15. The van der Waals surface area contributed by atoms with Crippen molar-refractivity contribution in [3.8, 4) is 23.0 Å². The number of carboxylic acids is 2. The summed E-state index contributed by atoms with van der Waals surface area (Å²) in [4.78, 5) is 35.3. The van der Waals surface area contributed by atoms with Crippen molar-refractivity contribution in [3.63, 3.8) is 0 Å². The van der Waals surface area contributed by atoms with Crippen molar-refractivity contribution < 1.29 is 38.8 Å². The first-order valence-electron chi connectivity index (χ1n) is 9.01. The van der Waals surface area contributed by atoms with Gasteiger partial charge in [-0.05, 0) is 48.5 Å². The molecule has 156 valence electrons. The summed E-state index contributed by atoms with van der Waals surface area (Å²) in [5.41, 5.74) is -0.0847. The van der Waals surface area contributed by atoms with Gasteiger partial charge in [0.05, 0.1) is 16.8 Å². The Labute approximate surface area is 175 Å². The molecule has 0 bridgehead atoms. The minimum Gasteiger partial charge on any atom is -0.478 e. The number of nitrogens with one attached hydrogen (secondary N) is 1. The van der Waals surface area contributed by atoms with Gasteiger partial charge in [0.2, 0.25) is 6.79 Å². The van der Waals surface area contributed by atoms with E-state index in [0.29, 0.717) is 22.7 Å². The third kappa shape index (κ3) is 4.10. The van der Waals surface area contributed by atoms with Crippen molar-refractivity contribution in [2.24, 2.45) is 0 Å². The lowest BCUT2D eigenvalue weighted by molar-refractivity contribution is 0.0651. The van der Waals surface area contributed by atoms with Gasteiger partial charge < -0.3 is 29.7 Å². The summed E-state index contributed by atoms with van der Waals surface area (Å²) >= 11 is 0. The summed E-state index contributed by atoms with van der Waals surface area (Å²) in [5.74, 6) is -1.80. The molecule has 0 saturated heterocycles. The number of aromatic carboxylic acids is 2. The molecule has 1 aliphatic heterocycles. The number of benzene rings is 3. The van der Waals surface area contributed by atoms with Crippen LogP contribution >= 0.6 is 0 Å². The molecule has 0 atom stereocenters. The third-order valence-electron chi connectivity index (χ3n) is 4.45. The van der Waals surface area contributed by atoms with Crippen molar-refractivity contribution in [1.82, 2.24) is 0 Å². The van der Waals surface area contributed by atoms with Crippen LogP contribution in [0.25, 0.3) is 0 Å². The first-order chi connectivity index (χ1) is 14.9. The highest BCUT2D eigenvalue weighted by atomic mass is 16.7. The van der Waals surface area contributed by atoms with Crippen LogP contribution in [-0.2, 0) is 0 Å². The van der Waals surface area contributed by atoms with Crippen LogP contribution in [0, 0.1) is 0 Å². The van der Waals surface area contributed by atoms with Gasteiger partial charge in [-0.3, -0.25) is 4.79 Å². The first kappa shape index (κ1) is 19.8. The highest BCUT2D eigenvalue weighted by molar-refractivity contribution is 6.05. The Morgan fingerprint density at radius 3 is 2.35 bits per heavy atom. The van der Waals surface area contributed by atoms with Gasteiger partial charge in [-0.25, -0.2) is 9.59 Å². The molecule has 0 saturated carbocycles.